The van der Waals surface area contributed by atoms with E-state index in [1.165, 1.54) is 0 Å². The molecule has 2 aromatic heterocycles. The zero-order chi connectivity index (χ0) is 12.3. The Kier molecular flexibility index (Phi) is 3.43. The van der Waals surface area contributed by atoms with Gasteiger partial charge in [0, 0.05) is 6.54 Å². The Morgan fingerprint density at radius 3 is 3.18 bits per heavy atom. The molecule has 0 saturated heterocycles. The first-order chi connectivity index (χ1) is 8.22. The molecule has 0 aliphatic heterocycles. The molecular weight excluding hydrogens is 240 g/mol. The zero-order valence-corrected chi connectivity index (χ0v) is 10.1. The molecule has 90 valence electrons. The number of aromatic nitrogens is 2. The minimum Gasteiger partial charge on any atom is -0.486 e. The predicted molar refractivity (Wildman–Crippen MR) is 63.5 cm³/mol. The van der Waals surface area contributed by atoms with E-state index < -0.39 is 5.97 Å². The monoisotopic (exact) mass is 252 g/mol. The molecule has 6 heteroatoms. The number of aromatic carboxylic acids is 1. The predicted octanol–water partition coefficient (Wildman–Crippen LogP) is 2.24. The van der Waals surface area contributed by atoms with Gasteiger partial charge in [-0.2, -0.15) is 0 Å². The van der Waals surface area contributed by atoms with Crippen molar-refractivity contribution >= 4 is 17.3 Å². The van der Waals surface area contributed by atoms with E-state index in [-0.39, 0.29) is 4.88 Å². The van der Waals surface area contributed by atoms with Gasteiger partial charge in [-0.1, -0.05) is 0 Å². The largest absolute Gasteiger partial charge is 0.486 e. The lowest BCUT2D eigenvalue weighted by molar-refractivity contribution is 0.0697. The maximum absolute atomic E-state index is 10.9. The fourth-order valence-electron chi connectivity index (χ4n) is 1.47. The van der Waals surface area contributed by atoms with Crippen molar-refractivity contribution in [3.8, 4) is 5.75 Å². The third-order valence-corrected chi connectivity index (χ3v) is 3.22. The molecule has 2 aromatic rings. The van der Waals surface area contributed by atoms with Gasteiger partial charge in [-0.15, -0.1) is 11.3 Å². The normalized spacial score (nSPS) is 10.4. The molecule has 0 aromatic carbocycles. The van der Waals surface area contributed by atoms with Crippen molar-refractivity contribution in [1.82, 2.24) is 9.55 Å². The van der Waals surface area contributed by atoms with E-state index in [1.54, 1.807) is 24.0 Å². The summed E-state index contributed by atoms with van der Waals surface area (Å²) in [5, 5.41) is 10.6. The summed E-state index contributed by atoms with van der Waals surface area (Å²) in [4.78, 5) is 15.1. The van der Waals surface area contributed by atoms with Gasteiger partial charge >= 0.3 is 5.97 Å². The topological polar surface area (TPSA) is 64.4 Å². The number of rotatable bonds is 5. The van der Waals surface area contributed by atoms with Crippen LogP contribution in [0, 0.1) is 0 Å². The number of ether oxygens (including phenoxy) is 1. The van der Waals surface area contributed by atoms with Crippen molar-refractivity contribution in [1.29, 1.82) is 0 Å². The Hall–Kier alpha value is -1.82. The number of nitrogens with zero attached hydrogens (tertiary/aromatic N) is 2. The highest BCUT2D eigenvalue weighted by molar-refractivity contribution is 7.12. The summed E-state index contributed by atoms with van der Waals surface area (Å²) in [7, 11) is 0. The van der Waals surface area contributed by atoms with Crippen LogP contribution in [0.4, 0.5) is 0 Å². The van der Waals surface area contributed by atoms with Gasteiger partial charge in [0.2, 0.25) is 0 Å². The molecule has 0 unspecified atom stereocenters. The molecule has 0 spiro atoms. The molecule has 0 bridgehead atoms. The summed E-state index contributed by atoms with van der Waals surface area (Å²) >= 11 is 1.16. The Labute approximate surface area is 102 Å². The van der Waals surface area contributed by atoms with Crippen LogP contribution in [0.1, 0.15) is 22.3 Å². The number of thiophene rings is 1. The molecule has 0 radical (unpaired) electrons. The molecular formula is C11H12N2O3S. The maximum Gasteiger partial charge on any atom is 0.349 e. The Balaban J connectivity index is 2.07. The zero-order valence-electron chi connectivity index (χ0n) is 9.29. The molecule has 0 amide bonds. The van der Waals surface area contributed by atoms with E-state index >= 15 is 0 Å². The Morgan fingerprint density at radius 2 is 2.47 bits per heavy atom. The highest BCUT2D eigenvalue weighted by Gasteiger charge is 2.13. The smallest absolute Gasteiger partial charge is 0.349 e. The summed E-state index contributed by atoms with van der Waals surface area (Å²) in [6.07, 6.45) is 3.45. The van der Waals surface area contributed by atoms with Gasteiger partial charge < -0.3 is 14.4 Å². The van der Waals surface area contributed by atoms with Crippen LogP contribution in [0.2, 0.25) is 0 Å². The van der Waals surface area contributed by atoms with Gasteiger partial charge in [0.05, 0.1) is 18.2 Å². The summed E-state index contributed by atoms with van der Waals surface area (Å²) in [5.74, 6) is -0.551. The number of hydrogen-bond acceptors (Lipinski definition) is 4. The fraction of sp³-hybridized carbons (Fsp3) is 0.273. The molecule has 0 saturated carbocycles. The van der Waals surface area contributed by atoms with Crippen molar-refractivity contribution in [2.45, 2.75) is 20.1 Å². The van der Waals surface area contributed by atoms with Crippen molar-refractivity contribution in [3.63, 3.8) is 0 Å². The van der Waals surface area contributed by atoms with Gasteiger partial charge in [0.15, 0.2) is 4.88 Å². The molecule has 5 nitrogen and oxygen atoms in total. The number of carboxylic acid groups (broad SMARTS) is 1. The highest BCUT2D eigenvalue weighted by Crippen LogP contribution is 2.25. The minimum atomic E-state index is -0.959. The average Bonchev–Trinajstić information content (AvgIpc) is 2.94. The van der Waals surface area contributed by atoms with Crippen molar-refractivity contribution in [2.75, 3.05) is 0 Å². The average molecular weight is 252 g/mol. The Morgan fingerprint density at radius 1 is 1.65 bits per heavy atom. The fourth-order valence-corrected chi connectivity index (χ4v) is 2.14. The molecule has 0 fully saturated rings. The van der Waals surface area contributed by atoms with E-state index in [9.17, 15) is 4.79 Å². The van der Waals surface area contributed by atoms with E-state index in [0.717, 1.165) is 23.6 Å². The van der Waals surface area contributed by atoms with Crippen LogP contribution < -0.4 is 4.74 Å². The number of imidazole rings is 1. The summed E-state index contributed by atoms with van der Waals surface area (Å²) in [6, 6.07) is 1.67. The molecule has 0 aliphatic rings. The second-order valence-electron chi connectivity index (χ2n) is 3.38. The van der Waals surface area contributed by atoms with Crippen molar-refractivity contribution in [3.05, 3.63) is 34.5 Å². The molecule has 2 heterocycles. The first-order valence-electron chi connectivity index (χ1n) is 5.15. The number of carbonyl (C=O) groups is 1. The lowest BCUT2D eigenvalue weighted by Gasteiger charge is -2.07. The van der Waals surface area contributed by atoms with Crippen molar-refractivity contribution < 1.29 is 14.6 Å². The quantitative estimate of drug-likeness (QED) is 0.886. The molecule has 0 aliphatic carbocycles. The lowest BCUT2D eigenvalue weighted by Crippen LogP contribution is -2.05. The van der Waals surface area contributed by atoms with Gasteiger partial charge in [0.25, 0.3) is 0 Å². The van der Waals surface area contributed by atoms with E-state index in [0.29, 0.717) is 12.4 Å². The highest BCUT2D eigenvalue weighted by atomic mass is 32.1. The first-order valence-corrected chi connectivity index (χ1v) is 6.03. The SMILES string of the molecule is CCn1cncc1COc1ccsc1C(=O)O. The van der Waals surface area contributed by atoms with Crippen molar-refractivity contribution in [2.24, 2.45) is 0 Å². The maximum atomic E-state index is 10.9. The van der Waals surface area contributed by atoms with Crippen LogP contribution in [0.15, 0.2) is 24.0 Å². The molecule has 17 heavy (non-hydrogen) atoms. The van der Waals surface area contributed by atoms with Gasteiger partial charge in [-0.05, 0) is 18.4 Å². The van der Waals surface area contributed by atoms with Gasteiger partial charge in [0.1, 0.15) is 12.4 Å². The van der Waals surface area contributed by atoms with E-state index in [1.807, 2.05) is 11.5 Å². The molecule has 1 N–H and O–H groups in total. The third kappa shape index (κ3) is 2.47. The third-order valence-electron chi connectivity index (χ3n) is 2.34. The number of aryl methyl sites for hydroxylation is 1. The second kappa shape index (κ2) is 5.01. The first kappa shape index (κ1) is 11.7. The summed E-state index contributed by atoms with van der Waals surface area (Å²) in [6.45, 7) is 3.15. The van der Waals surface area contributed by atoms with Crippen LogP contribution >= 0.6 is 11.3 Å². The van der Waals surface area contributed by atoms with Gasteiger partial charge in [-0.3, -0.25) is 0 Å². The van der Waals surface area contributed by atoms with E-state index in [2.05, 4.69) is 4.98 Å². The van der Waals surface area contributed by atoms with Crippen LogP contribution in [-0.2, 0) is 13.2 Å². The molecule has 0 atom stereocenters. The number of hydrogen-bond donors (Lipinski definition) is 1. The van der Waals surface area contributed by atoms with Gasteiger partial charge in [-0.25, -0.2) is 9.78 Å². The molecule has 2 rings (SSSR count). The second-order valence-corrected chi connectivity index (χ2v) is 4.29. The number of carboxylic acids is 1. The standard InChI is InChI=1S/C11H12N2O3S/c1-2-13-7-12-5-8(13)6-16-9-3-4-17-10(9)11(14)15/h3-5,7H,2,6H2,1H3,(H,14,15). The van der Waals surface area contributed by atoms with Crippen LogP contribution in [-0.4, -0.2) is 20.6 Å². The Bertz CT molecular complexity index is 518. The van der Waals surface area contributed by atoms with Crippen LogP contribution in [0.5, 0.6) is 5.75 Å². The van der Waals surface area contributed by atoms with Crippen LogP contribution in [0.25, 0.3) is 0 Å². The van der Waals surface area contributed by atoms with E-state index in [4.69, 9.17) is 9.84 Å². The lowest BCUT2D eigenvalue weighted by atomic mass is 10.4. The summed E-state index contributed by atoms with van der Waals surface area (Å²) in [5.41, 5.74) is 0.926. The minimum absolute atomic E-state index is 0.229. The van der Waals surface area contributed by atoms with Crippen LogP contribution in [0.3, 0.4) is 0 Å². The summed E-state index contributed by atoms with van der Waals surface area (Å²) < 4.78 is 7.45.